The van der Waals surface area contributed by atoms with Gasteiger partial charge in [0, 0.05) is 18.2 Å². The molecule has 23 heavy (non-hydrogen) atoms. The fourth-order valence-corrected chi connectivity index (χ4v) is 3.49. The van der Waals surface area contributed by atoms with Crippen molar-refractivity contribution in [1.82, 2.24) is 4.90 Å². The Morgan fingerprint density at radius 1 is 1.17 bits per heavy atom. The first kappa shape index (κ1) is 15.9. The Hall–Kier alpha value is -1.97. The average molecular weight is 315 g/mol. The van der Waals surface area contributed by atoms with Crippen LogP contribution >= 0.6 is 0 Å². The molecule has 4 nitrogen and oxygen atoms in total. The molecule has 4 heteroatoms. The monoisotopic (exact) mass is 315 g/mol. The van der Waals surface area contributed by atoms with Gasteiger partial charge in [-0.3, -0.25) is 4.79 Å². The highest BCUT2D eigenvalue weighted by molar-refractivity contribution is 5.92. The van der Waals surface area contributed by atoms with Gasteiger partial charge in [-0.1, -0.05) is 25.3 Å². The summed E-state index contributed by atoms with van der Waals surface area (Å²) in [6, 6.07) is 6.35. The summed E-state index contributed by atoms with van der Waals surface area (Å²) in [5, 5.41) is 0. The third kappa shape index (κ3) is 3.69. The summed E-state index contributed by atoms with van der Waals surface area (Å²) in [5.41, 5.74) is 0.954. The number of benzene rings is 1. The molecule has 1 saturated carbocycles. The third-order valence-electron chi connectivity index (χ3n) is 4.59. The number of fused-ring (bicyclic) bond motifs is 1. The molecule has 1 aliphatic heterocycles. The summed E-state index contributed by atoms with van der Waals surface area (Å²) in [6.45, 7) is 4.46. The lowest BCUT2D eigenvalue weighted by Gasteiger charge is -2.36. The number of amides is 1. The van der Waals surface area contributed by atoms with Gasteiger partial charge in [0.25, 0.3) is 0 Å². The second-order valence-corrected chi connectivity index (χ2v) is 6.58. The van der Waals surface area contributed by atoms with Crippen molar-refractivity contribution in [2.45, 2.75) is 58.0 Å². The Morgan fingerprint density at radius 2 is 1.91 bits per heavy atom. The molecular weight excluding hydrogens is 290 g/mol. The molecular formula is C19H25NO3. The zero-order valence-corrected chi connectivity index (χ0v) is 14.0. The SMILES string of the molecule is CC(C)N(C(=O)C=Cc1ccc2c(c1)OCO2)C1CCCCC1. The Balaban J connectivity index is 1.70. The van der Waals surface area contributed by atoms with Crippen LogP contribution in [-0.2, 0) is 4.79 Å². The zero-order chi connectivity index (χ0) is 16.2. The van der Waals surface area contributed by atoms with Crippen molar-refractivity contribution in [3.8, 4) is 11.5 Å². The lowest BCUT2D eigenvalue weighted by Crippen LogP contribution is -2.45. The van der Waals surface area contributed by atoms with E-state index in [1.165, 1.54) is 19.3 Å². The van der Waals surface area contributed by atoms with Crippen molar-refractivity contribution in [3.63, 3.8) is 0 Å². The van der Waals surface area contributed by atoms with Crippen LogP contribution in [0.2, 0.25) is 0 Å². The van der Waals surface area contributed by atoms with Crippen molar-refractivity contribution < 1.29 is 14.3 Å². The van der Waals surface area contributed by atoms with Crippen molar-refractivity contribution in [1.29, 1.82) is 0 Å². The maximum Gasteiger partial charge on any atom is 0.247 e. The van der Waals surface area contributed by atoms with Gasteiger partial charge in [-0.15, -0.1) is 0 Å². The third-order valence-corrected chi connectivity index (χ3v) is 4.59. The highest BCUT2D eigenvalue weighted by Gasteiger charge is 2.26. The zero-order valence-electron chi connectivity index (χ0n) is 14.0. The van der Waals surface area contributed by atoms with Crippen LogP contribution in [0.25, 0.3) is 6.08 Å². The first-order valence-corrected chi connectivity index (χ1v) is 8.55. The summed E-state index contributed by atoms with van der Waals surface area (Å²) in [6.07, 6.45) is 9.56. The van der Waals surface area contributed by atoms with Crippen molar-refractivity contribution in [2.24, 2.45) is 0 Å². The van der Waals surface area contributed by atoms with Crippen LogP contribution in [0.1, 0.15) is 51.5 Å². The number of carbonyl (C=O) groups excluding carboxylic acids is 1. The molecule has 0 unspecified atom stereocenters. The van der Waals surface area contributed by atoms with Crippen LogP contribution in [0.15, 0.2) is 24.3 Å². The number of nitrogens with zero attached hydrogens (tertiary/aromatic N) is 1. The fourth-order valence-electron chi connectivity index (χ4n) is 3.49. The minimum absolute atomic E-state index is 0.101. The lowest BCUT2D eigenvalue weighted by molar-refractivity contribution is -0.130. The molecule has 0 radical (unpaired) electrons. The van der Waals surface area contributed by atoms with Gasteiger partial charge < -0.3 is 14.4 Å². The molecule has 1 fully saturated rings. The molecule has 2 aliphatic rings. The molecule has 0 aromatic heterocycles. The highest BCUT2D eigenvalue weighted by atomic mass is 16.7. The van der Waals surface area contributed by atoms with Gasteiger partial charge in [0.1, 0.15) is 0 Å². The first-order valence-electron chi connectivity index (χ1n) is 8.55. The van der Waals surface area contributed by atoms with E-state index >= 15 is 0 Å². The van der Waals surface area contributed by atoms with E-state index in [0.717, 1.165) is 29.9 Å². The second-order valence-electron chi connectivity index (χ2n) is 6.58. The number of carbonyl (C=O) groups is 1. The topological polar surface area (TPSA) is 38.8 Å². The molecule has 3 rings (SSSR count). The van der Waals surface area contributed by atoms with Crippen molar-refractivity contribution in [3.05, 3.63) is 29.8 Å². The van der Waals surface area contributed by atoms with E-state index in [1.54, 1.807) is 6.08 Å². The molecule has 0 N–H and O–H groups in total. The molecule has 0 spiro atoms. The molecule has 0 atom stereocenters. The van der Waals surface area contributed by atoms with Gasteiger partial charge in [-0.05, 0) is 50.5 Å². The molecule has 1 aromatic carbocycles. The van der Waals surface area contributed by atoms with E-state index < -0.39 is 0 Å². The van der Waals surface area contributed by atoms with E-state index in [9.17, 15) is 4.79 Å². The van der Waals surface area contributed by atoms with Crippen LogP contribution in [0.5, 0.6) is 11.5 Å². The van der Waals surface area contributed by atoms with Crippen LogP contribution in [-0.4, -0.2) is 29.7 Å². The van der Waals surface area contributed by atoms with Crippen molar-refractivity contribution in [2.75, 3.05) is 6.79 Å². The van der Waals surface area contributed by atoms with E-state index in [4.69, 9.17) is 9.47 Å². The molecule has 1 heterocycles. The predicted molar refractivity (Wildman–Crippen MR) is 90.5 cm³/mol. The van der Waals surface area contributed by atoms with Gasteiger partial charge in [0.05, 0.1) is 0 Å². The normalized spacial score (nSPS) is 17.9. The summed E-state index contributed by atoms with van der Waals surface area (Å²) in [5.74, 6) is 1.61. The second kappa shape index (κ2) is 7.07. The molecule has 1 amide bonds. The van der Waals surface area contributed by atoms with Crippen LogP contribution in [0.3, 0.4) is 0 Å². The van der Waals surface area contributed by atoms with E-state index in [2.05, 4.69) is 13.8 Å². The molecule has 0 bridgehead atoms. The Labute approximate surface area is 138 Å². The minimum atomic E-state index is 0.101. The smallest absolute Gasteiger partial charge is 0.247 e. The highest BCUT2D eigenvalue weighted by Crippen LogP contribution is 2.33. The summed E-state index contributed by atoms with van der Waals surface area (Å²) in [4.78, 5) is 14.7. The van der Waals surface area contributed by atoms with Crippen LogP contribution in [0.4, 0.5) is 0 Å². The molecule has 1 aromatic rings. The largest absolute Gasteiger partial charge is 0.454 e. The number of hydrogen-bond acceptors (Lipinski definition) is 3. The Kier molecular flexibility index (Phi) is 4.89. The van der Waals surface area contributed by atoms with E-state index in [-0.39, 0.29) is 18.7 Å². The van der Waals surface area contributed by atoms with E-state index in [0.29, 0.717) is 6.04 Å². The van der Waals surface area contributed by atoms with Crippen molar-refractivity contribution >= 4 is 12.0 Å². The van der Waals surface area contributed by atoms with Gasteiger partial charge in [0.2, 0.25) is 12.7 Å². The number of ether oxygens (including phenoxy) is 2. The van der Waals surface area contributed by atoms with Crippen LogP contribution in [0, 0.1) is 0 Å². The fraction of sp³-hybridized carbons (Fsp3) is 0.526. The lowest BCUT2D eigenvalue weighted by atomic mass is 9.93. The maximum absolute atomic E-state index is 12.7. The van der Waals surface area contributed by atoms with Gasteiger partial charge in [-0.25, -0.2) is 0 Å². The maximum atomic E-state index is 12.7. The predicted octanol–water partition coefficient (Wildman–Crippen LogP) is 4.00. The summed E-state index contributed by atoms with van der Waals surface area (Å²) < 4.78 is 10.7. The molecule has 1 aliphatic carbocycles. The van der Waals surface area contributed by atoms with E-state index in [1.807, 2.05) is 29.2 Å². The minimum Gasteiger partial charge on any atom is -0.454 e. The number of hydrogen-bond donors (Lipinski definition) is 0. The molecule has 124 valence electrons. The Bertz CT molecular complexity index is 588. The van der Waals surface area contributed by atoms with Gasteiger partial charge in [-0.2, -0.15) is 0 Å². The summed E-state index contributed by atoms with van der Waals surface area (Å²) in [7, 11) is 0. The Morgan fingerprint density at radius 3 is 2.65 bits per heavy atom. The average Bonchev–Trinajstić information content (AvgIpc) is 3.01. The molecule has 0 saturated heterocycles. The van der Waals surface area contributed by atoms with Gasteiger partial charge in [0.15, 0.2) is 11.5 Å². The number of rotatable bonds is 4. The quantitative estimate of drug-likeness (QED) is 0.788. The van der Waals surface area contributed by atoms with Gasteiger partial charge >= 0.3 is 0 Å². The van der Waals surface area contributed by atoms with Crippen LogP contribution < -0.4 is 9.47 Å². The summed E-state index contributed by atoms with van der Waals surface area (Å²) >= 11 is 0. The first-order chi connectivity index (χ1) is 11.1. The standard InChI is InChI=1S/C19H25NO3/c1-14(2)20(16-6-4-3-5-7-16)19(21)11-9-15-8-10-17-18(12-15)23-13-22-17/h8-12,14,16H,3-7,13H2,1-2H3.